The summed E-state index contributed by atoms with van der Waals surface area (Å²) in [5.41, 5.74) is 0.997. The van der Waals surface area contributed by atoms with Gasteiger partial charge in [0.15, 0.2) is 21.3 Å². The van der Waals surface area contributed by atoms with E-state index in [1.165, 1.54) is 6.92 Å². The van der Waals surface area contributed by atoms with Crippen molar-refractivity contribution >= 4 is 27.9 Å². The highest BCUT2D eigenvalue weighted by atomic mass is 32.2. The summed E-state index contributed by atoms with van der Waals surface area (Å²) in [6.45, 7) is 8.18. The lowest BCUT2D eigenvalue weighted by molar-refractivity contribution is -0.131. The van der Waals surface area contributed by atoms with Gasteiger partial charge in [0.2, 0.25) is 11.5 Å². The number of aryl methyl sites for hydroxylation is 1. The Morgan fingerprint density at radius 3 is 2.20 bits per heavy atom. The van der Waals surface area contributed by atoms with Crippen molar-refractivity contribution < 1.29 is 28.7 Å². The summed E-state index contributed by atoms with van der Waals surface area (Å²) in [4.78, 5) is 13.3. The van der Waals surface area contributed by atoms with Crippen LogP contribution in [0.3, 0.4) is 0 Å². The first-order chi connectivity index (χ1) is 16.9. The van der Waals surface area contributed by atoms with Gasteiger partial charge in [-0.15, -0.1) is 0 Å². The van der Waals surface area contributed by atoms with Crippen molar-refractivity contribution in [2.45, 2.75) is 69.6 Å². The van der Waals surface area contributed by atoms with Crippen molar-refractivity contribution in [1.82, 2.24) is 0 Å². The highest BCUT2D eigenvalue weighted by Gasteiger charge is 2.27. The third-order valence-corrected chi connectivity index (χ3v) is 7.10. The summed E-state index contributed by atoms with van der Waals surface area (Å²) in [5.74, 6) is -0.116. The van der Waals surface area contributed by atoms with E-state index in [-0.39, 0.29) is 23.0 Å². The molecule has 3 aromatic rings. The molecule has 0 aliphatic carbocycles. The van der Waals surface area contributed by atoms with Gasteiger partial charge in [0.05, 0.1) is 13.2 Å². The molecule has 0 aromatic heterocycles. The van der Waals surface area contributed by atoms with E-state index in [9.17, 15) is 14.5 Å². The van der Waals surface area contributed by atoms with E-state index in [2.05, 4.69) is 0 Å². The zero-order valence-corrected chi connectivity index (χ0v) is 21.7. The molecule has 1 N–H and O–H groups in total. The highest BCUT2D eigenvalue weighted by molar-refractivity contribution is 7.91. The minimum absolute atomic E-state index is 0.0928. The highest BCUT2D eigenvalue weighted by Crippen LogP contribution is 2.51. The molecule has 0 radical (unpaired) electrons. The molecule has 3 aromatic carbocycles. The first-order valence-electron chi connectivity index (χ1n) is 12.2. The van der Waals surface area contributed by atoms with Gasteiger partial charge < -0.3 is 23.9 Å². The van der Waals surface area contributed by atoms with Gasteiger partial charge in [-0.05, 0) is 37.5 Å². The number of phenols is 1. The van der Waals surface area contributed by atoms with Gasteiger partial charge in [0.25, 0.3) is 0 Å². The summed E-state index contributed by atoms with van der Waals surface area (Å²) in [6.07, 6.45) is 4.16. The van der Waals surface area contributed by atoms with Crippen LogP contribution < -0.4 is 14.2 Å². The standard InChI is InChI=1S/C28H34O6S/c1-5-8-16-32-27-25(30)22-15-14-21(35(31)24-13-11-10-12-20(24)7-3)18-23(22)26(34-19(4)29)28(27)33-17-9-6-2/h10-15,18,30H,5-9,16-17H2,1-4H3. The molecule has 0 amide bonds. The summed E-state index contributed by atoms with van der Waals surface area (Å²) in [5, 5.41) is 12.0. The Labute approximate surface area is 210 Å². The minimum Gasteiger partial charge on any atom is -0.606 e. The minimum atomic E-state index is -1.46. The van der Waals surface area contributed by atoms with Crippen LogP contribution in [0.2, 0.25) is 0 Å². The Kier molecular flexibility index (Phi) is 9.69. The number of carbonyl (C=O) groups excluding carboxylic acids is 1. The van der Waals surface area contributed by atoms with E-state index >= 15 is 0 Å². The molecule has 0 saturated carbocycles. The smallest absolute Gasteiger partial charge is 0.308 e. The largest absolute Gasteiger partial charge is 0.606 e. The lowest BCUT2D eigenvalue weighted by Gasteiger charge is -2.20. The SMILES string of the molecule is CCCCOc1c(OCCCC)c(OC(C)=O)c2cc([S+]([O-])c3ccccc3CC)ccc2c1O. The third-order valence-electron chi connectivity index (χ3n) is 5.62. The van der Waals surface area contributed by atoms with E-state index in [1.807, 2.05) is 45.0 Å². The molecule has 188 valence electrons. The molecule has 0 bridgehead atoms. The molecular formula is C28H34O6S. The maximum absolute atomic E-state index is 13.5. The third kappa shape index (κ3) is 6.21. The Balaban J connectivity index is 2.21. The number of rotatable bonds is 12. The Morgan fingerprint density at radius 1 is 0.914 bits per heavy atom. The summed E-state index contributed by atoms with van der Waals surface area (Å²) in [7, 11) is 0. The number of unbranched alkanes of at least 4 members (excludes halogenated alkanes) is 2. The predicted molar refractivity (Wildman–Crippen MR) is 138 cm³/mol. The van der Waals surface area contributed by atoms with Crippen LogP contribution in [0.25, 0.3) is 10.8 Å². The maximum atomic E-state index is 13.5. The van der Waals surface area contributed by atoms with Crippen LogP contribution >= 0.6 is 0 Å². The van der Waals surface area contributed by atoms with Crippen LogP contribution in [0.4, 0.5) is 0 Å². The van der Waals surface area contributed by atoms with E-state index in [0.29, 0.717) is 28.9 Å². The first-order valence-corrected chi connectivity index (χ1v) is 13.3. The monoisotopic (exact) mass is 498 g/mol. The lowest BCUT2D eigenvalue weighted by atomic mass is 10.1. The molecular weight excluding hydrogens is 464 g/mol. The van der Waals surface area contributed by atoms with Gasteiger partial charge in [0.1, 0.15) is 0 Å². The fraction of sp³-hybridized carbons (Fsp3) is 0.393. The Bertz CT molecular complexity index is 1160. The molecule has 0 aliphatic rings. The van der Waals surface area contributed by atoms with Gasteiger partial charge in [-0.3, -0.25) is 4.79 Å². The molecule has 35 heavy (non-hydrogen) atoms. The summed E-state index contributed by atoms with van der Waals surface area (Å²) in [6, 6.07) is 12.7. The van der Waals surface area contributed by atoms with E-state index in [1.54, 1.807) is 18.2 Å². The van der Waals surface area contributed by atoms with Crippen LogP contribution in [0.5, 0.6) is 23.0 Å². The fourth-order valence-electron chi connectivity index (χ4n) is 3.74. The van der Waals surface area contributed by atoms with Gasteiger partial charge in [-0.25, -0.2) is 0 Å². The van der Waals surface area contributed by atoms with Crippen molar-refractivity contribution in [2.24, 2.45) is 0 Å². The average Bonchev–Trinajstić information content (AvgIpc) is 2.86. The topological polar surface area (TPSA) is 88.1 Å². The van der Waals surface area contributed by atoms with E-state index in [0.717, 1.165) is 42.6 Å². The second-order valence-electron chi connectivity index (χ2n) is 8.27. The number of aromatic hydroxyl groups is 1. The molecule has 1 unspecified atom stereocenters. The number of phenolic OH excluding ortho intramolecular Hbond substituents is 1. The second-order valence-corrected chi connectivity index (χ2v) is 9.72. The number of ether oxygens (including phenoxy) is 3. The maximum Gasteiger partial charge on any atom is 0.308 e. The van der Waals surface area contributed by atoms with Crippen LogP contribution in [0.15, 0.2) is 52.3 Å². The normalized spacial score (nSPS) is 11.9. The molecule has 0 heterocycles. The van der Waals surface area contributed by atoms with Crippen molar-refractivity contribution in [1.29, 1.82) is 0 Å². The molecule has 0 spiro atoms. The van der Waals surface area contributed by atoms with Crippen LogP contribution in [0, 0.1) is 0 Å². The number of carbonyl (C=O) groups is 1. The second kappa shape index (κ2) is 12.7. The first kappa shape index (κ1) is 26.7. The quantitative estimate of drug-likeness (QED) is 0.132. The van der Waals surface area contributed by atoms with Gasteiger partial charge in [-0.2, -0.15) is 0 Å². The fourth-order valence-corrected chi connectivity index (χ4v) is 5.06. The van der Waals surface area contributed by atoms with E-state index in [4.69, 9.17) is 14.2 Å². The molecule has 0 saturated heterocycles. The molecule has 6 nitrogen and oxygen atoms in total. The van der Waals surface area contributed by atoms with Crippen molar-refractivity contribution in [3.8, 4) is 23.0 Å². The predicted octanol–water partition coefficient (Wildman–Crippen LogP) is 6.56. The van der Waals surface area contributed by atoms with Gasteiger partial charge in [-0.1, -0.05) is 51.8 Å². The zero-order chi connectivity index (χ0) is 25.4. The van der Waals surface area contributed by atoms with Crippen molar-refractivity contribution in [3.05, 3.63) is 48.0 Å². The van der Waals surface area contributed by atoms with Crippen LogP contribution in [-0.4, -0.2) is 28.8 Å². The van der Waals surface area contributed by atoms with Crippen molar-refractivity contribution in [2.75, 3.05) is 13.2 Å². The zero-order valence-electron chi connectivity index (χ0n) is 20.9. The molecule has 0 fully saturated rings. The summed E-state index contributed by atoms with van der Waals surface area (Å²) >= 11 is -1.46. The van der Waals surface area contributed by atoms with Crippen LogP contribution in [-0.2, 0) is 22.4 Å². The Hall–Kier alpha value is -2.90. The number of esters is 1. The molecule has 7 heteroatoms. The van der Waals surface area contributed by atoms with Gasteiger partial charge in [0, 0.05) is 40.5 Å². The molecule has 1 atom stereocenters. The average molecular weight is 499 g/mol. The summed E-state index contributed by atoms with van der Waals surface area (Å²) < 4.78 is 31.1. The number of hydrogen-bond donors (Lipinski definition) is 1. The number of hydrogen-bond acceptors (Lipinski definition) is 6. The molecule has 0 aliphatic heterocycles. The van der Waals surface area contributed by atoms with Crippen LogP contribution in [0.1, 0.15) is 58.9 Å². The number of fused-ring (bicyclic) bond motifs is 1. The molecule has 3 rings (SSSR count). The Morgan fingerprint density at radius 2 is 1.57 bits per heavy atom. The van der Waals surface area contributed by atoms with E-state index < -0.39 is 17.1 Å². The number of benzene rings is 3. The lowest BCUT2D eigenvalue weighted by Crippen LogP contribution is -2.09. The van der Waals surface area contributed by atoms with Crippen molar-refractivity contribution in [3.63, 3.8) is 0 Å². The van der Waals surface area contributed by atoms with Gasteiger partial charge >= 0.3 is 5.97 Å².